The molecule has 0 aliphatic heterocycles. The van der Waals surface area contributed by atoms with Crippen molar-refractivity contribution in [2.45, 2.75) is 37.3 Å². The lowest BCUT2D eigenvalue weighted by atomic mass is 10.2. The van der Waals surface area contributed by atoms with Crippen LogP contribution in [0.25, 0.3) is 0 Å². The molecule has 0 unspecified atom stereocenters. The largest absolute Gasteiger partial charge is 0.336 e. The van der Waals surface area contributed by atoms with Gasteiger partial charge in [0, 0.05) is 23.4 Å². The van der Waals surface area contributed by atoms with Gasteiger partial charge in [-0.05, 0) is 19.3 Å². The van der Waals surface area contributed by atoms with Crippen LogP contribution in [0.1, 0.15) is 25.7 Å². The number of hydrogen-bond acceptors (Lipinski definition) is 3. The van der Waals surface area contributed by atoms with E-state index >= 15 is 0 Å². The highest BCUT2D eigenvalue weighted by Crippen LogP contribution is 2.12. The van der Waals surface area contributed by atoms with E-state index in [4.69, 9.17) is 10.7 Å². The van der Waals surface area contributed by atoms with Gasteiger partial charge < -0.3 is 4.57 Å². The predicted molar refractivity (Wildman–Crippen MR) is 63.9 cm³/mol. The van der Waals surface area contributed by atoms with Crippen LogP contribution in [0.3, 0.4) is 0 Å². The zero-order valence-electron chi connectivity index (χ0n) is 8.97. The summed E-state index contributed by atoms with van der Waals surface area (Å²) in [5.41, 5.74) is 0. The van der Waals surface area contributed by atoms with E-state index in [1.165, 1.54) is 12.5 Å². The number of allylic oxidation sites excluding steroid dienone is 1. The minimum atomic E-state index is -3.69. The van der Waals surface area contributed by atoms with Crippen LogP contribution in [0.15, 0.2) is 30.2 Å². The van der Waals surface area contributed by atoms with E-state index in [1.54, 1.807) is 4.57 Å². The molecule has 0 N–H and O–H groups in total. The summed E-state index contributed by atoms with van der Waals surface area (Å²) >= 11 is 0. The summed E-state index contributed by atoms with van der Waals surface area (Å²) in [6, 6.07) is 0. The summed E-state index contributed by atoms with van der Waals surface area (Å²) in [5, 5.41) is -0.0831. The molecule has 0 saturated heterocycles. The average molecular weight is 263 g/mol. The number of hydrogen-bond donors (Lipinski definition) is 0. The van der Waals surface area contributed by atoms with Crippen molar-refractivity contribution < 1.29 is 8.42 Å². The maximum Gasteiger partial charge on any atom is 0.280 e. The van der Waals surface area contributed by atoms with Crippen molar-refractivity contribution in [3.05, 3.63) is 25.2 Å². The van der Waals surface area contributed by atoms with Gasteiger partial charge in [-0.3, -0.25) is 0 Å². The third-order valence-corrected chi connectivity index (χ3v) is 3.37. The number of aromatic nitrogens is 2. The fourth-order valence-electron chi connectivity index (χ4n) is 1.35. The van der Waals surface area contributed by atoms with Crippen LogP contribution in [-0.4, -0.2) is 18.0 Å². The standard InChI is InChI=1S/C10H15ClN2O2S/c1-2-3-4-5-6-7-13-8-10(12-9-13)16(11,14)15/h2,8-9H,1,3-7H2. The summed E-state index contributed by atoms with van der Waals surface area (Å²) < 4.78 is 23.6. The van der Waals surface area contributed by atoms with E-state index in [9.17, 15) is 8.42 Å². The predicted octanol–water partition coefficient (Wildman–Crippen LogP) is 2.56. The van der Waals surface area contributed by atoms with Crippen molar-refractivity contribution in [2.75, 3.05) is 0 Å². The van der Waals surface area contributed by atoms with Crippen LogP contribution in [0.5, 0.6) is 0 Å². The number of unbranched alkanes of at least 4 members (excludes halogenated alkanes) is 3. The average Bonchev–Trinajstić information content (AvgIpc) is 2.65. The first kappa shape index (κ1) is 13.3. The molecule has 1 aromatic rings. The van der Waals surface area contributed by atoms with Gasteiger partial charge in [-0.15, -0.1) is 6.58 Å². The van der Waals surface area contributed by atoms with Crippen molar-refractivity contribution in [2.24, 2.45) is 0 Å². The molecule has 0 atom stereocenters. The zero-order chi connectivity index (χ0) is 12.0. The summed E-state index contributed by atoms with van der Waals surface area (Å²) in [7, 11) is 1.47. The maximum absolute atomic E-state index is 10.9. The Hall–Kier alpha value is -0.810. The van der Waals surface area contributed by atoms with Crippen LogP contribution in [0, 0.1) is 0 Å². The van der Waals surface area contributed by atoms with Crippen molar-refractivity contribution in [3.63, 3.8) is 0 Å². The smallest absolute Gasteiger partial charge is 0.280 e. The molecule has 0 aliphatic rings. The molecular weight excluding hydrogens is 248 g/mol. The second kappa shape index (κ2) is 6.06. The van der Waals surface area contributed by atoms with E-state index in [0.29, 0.717) is 0 Å². The SMILES string of the molecule is C=CCCCCCn1cnc(S(=O)(=O)Cl)c1. The molecule has 6 heteroatoms. The van der Waals surface area contributed by atoms with Crippen molar-refractivity contribution >= 4 is 19.7 Å². The molecule has 0 fully saturated rings. The van der Waals surface area contributed by atoms with Gasteiger partial charge in [0.2, 0.25) is 0 Å². The number of rotatable bonds is 7. The molecule has 0 radical (unpaired) electrons. The van der Waals surface area contributed by atoms with Crippen LogP contribution < -0.4 is 0 Å². The van der Waals surface area contributed by atoms with Crippen LogP contribution in [-0.2, 0) is 15.6 Å². The fourth-order valence-corrected chi connectivity index (χ4v) is 2.02. The molecule has 0 saturated carbocycles. The Bertz CT molecular complexity index is 439. The molecule has 1 rings (SSSR count). The van der Waals surface area contributed by atoms with Gasteiger partial charge in [0.15, 0.2) is 5.03 Å². The number of halogens is 1. The molecule has 0 aliphatic carbocycles. The van der Waals surface area contributed by atoms with Crippen molar-refractivity contribution in [1.82, 2.24) is 9.55 Å². The first-order valence-corrected chi connectivity index (χ1v) is 7.42. The van der Waals surface area contributed by atoms with Gasteiger partial charge in [-0.2, -0.15) is 0 Å². The van der Waals surface area contributed by atoms with Crippen LogP contribution in [0.2, 0.25) is 0 Å². The normalized spacial score (nSPS) is 11.6. The van der Waals surface area contributed by atoms with E-state index in [0.717, 1.165) is 32.2 Å². The van der Waals surface area contributed by atoms with Gasteiger partial charge in [0.25, 0.3) is 9.05 Å². The van der Waals surface area contributed by atoms with Gasteiger partial charge in [0.1, 0.15) is 0 Å². The second-order valence-electron chi connectivity index (χ2n) is 3.53. The Morgan fingerprint density at radius 3 is 2.75 bits per heavy atom. The summed E-state index contributed by atoms with van der Waals surface area (Å²) in [5.74, 6) is 0. The zero-order valence-corrected chi connectivity index (χ0v) is 10.5. The second-order valence-corrected chi connectivity index (χ2v) is 6.04. The highest BCUT2D eigenvalue weighted by atomic mass is 35.7. The van der Waals surface area contributed by atoms with Gasteiger partial charge in [-0.25, -0.2) is 13.4 Å². The lowest BCUT2D eigenvalue weighted by Crippen LogP contribution is -1.95. The Labute approximate surface area is 100 Å². The fraction of sp³-hybridized carbons (Fsp3) is 0.500. The lowest BCUT2D eigenvalue weighted by Gasteiger charge is -2.00. The van der Waals surface area contributed by atoms with Crippen LogP contribution >= 0.6 is 10.7 Å². The van der Waals surface area contributed by atoms with Crippen molar-refractivity contribution in [1.29, 1.82) is 0 Å². The summed E-state index contributed by atoms with van der Waals surface area (Å²) in [6.45, 7) is 4.41. The molecule has 1 aromatic heterocycles. The number of imidazole rings is 1. The first-order valence-electron chi connectivity index (χ1n) is 5.11. The van der Waals surface area contributed by atoms with Crippen molar-refractivity contribution in [3.8, 4) is 0 Å². The Morgan fingerprint density at radius 2 is 2.19 bits per heavy atom. The number of aryl methyl sites for hydroxylation is 1. The molecular formula is C10H15ClN2O2S. The minimum Gasteiger partial charge on any atom is -0.336 e. The van der Waals surface area contributed by atoms with E-state index in [-0.39, 0.29) is 5.03 Å². The van der Waals surface area contributed by atoms with E-state index in [2.05, 4.69) is 11.6 Å². The monoisotopic (exact) mass is 262 g/mol. The topological polar surface area (TPSA) is 52.0 Å². The third kappa shape index (κ3) is 4.37. The van der Waals surface area contributed by atoms with E-state index in [1.807, 2.05) is 6.08 Å². The summed E-state index contributed by atoms with van der Waals surface area (Å²) in [4.78, 5) is 3.73. The minimum absolute atomic E-state index is 0.0831. The molecule has 0 spiro atoms. The van der Waals surface area contributed by atoms with Gasteiger partial charge in [-0.1, -0.05) is 12.5 Å². The summed E-state index contributed by atoms with van der Waals surface area (Å²) in [6.07, 6.45) is 9.05. The highest BCUT2D eigenvalue weighted by molar-refractivity contribution is 8.13. The van der Waals surface area contributed by atoms with Gasteiger partial charge >= 0.3 is 0 Å². The third-order valence-electron chi connectivity index (χ3n) is 2.18. The molecule has 0 aromatic carbocycles. The molecule has 90 valence electrons. The molecule has 4 nitrogen and oxygen atoms in total. The van der Waals surface area contributed by atoms with E-state index < -0.39 is 9.05 Å². The molecule has 0 bridgehead atoms. The quantitative estimate of drug-likeness (QED) is 0.431. The number of nitrogens with zero attached hydrogens (tertiary/aromatic N) is 2. The molecule has 1 heterocycles. The van der Waals surface area contributed by atoms with Gasteiger partial charge in [0.05, 0.1) is 6.33 Å². The first-order chi connectivity index (χ1) is 7.54. The Morgan fingerprint density at radius 1 is 1.44 bits per heavy atom. The Balaban J connectivity index is 2.38. The Kier molecular flexibility index (Phi) is 5.02. The van der Waals surface area contributed by atoms with Crippen LogP contribution in [0.4, 0.5) is 0 Å². The maximum atomic E-state index is 10.9. The lowest BCUT2D eigenvalue weighted by molar-refractivity contribution is 0.588. The molecule has 16 heavy (non-hydrogen) atoms. The molecule has 0 amide bonds. The highest BCUT2D eigenvalue weighted by Gasteiger charge is 2.12.